The Morgan fingerprint density at radius 2 is 1.77 bits per heavy atom. The van der Waals surface area contributed by atoms with Crippen molar-refractivity contribution >= 4 is 17.8 Å². The summed E-state index contributed by atoms with van der Waals surface area (Å²) in [6, 6.07) is 15.9. The van der Waals surface area contributed by atoms with Gasteiger partial charge in [-0.25, -0.2) is 4.79 Å². The van der Waals surface area contributed by atoms with Gasteiger partial charge in [0.25, 0.3) is 0 Å². The summed E-state index contributed by atoms with van der Waals surface area (Å²) in [5, 5.41) is 0. The first-order valence-corrected chi connectivity index (χ1v) is 8.80. The Kier molecular flexibility index (Phi) is 3.87. The highest BCUT2D eigenvalue weighted by Gasteiger charge is 2.51. The number of carbonyl (C=O) groups excluding carboxylic acids is 2. The summed E-state index contributed by atoms with van der Waals surface area (Å²) < 4.78 is 4.91. The maximum atomic E-state index is 13.7. The average Bonchev–Trinajstić information content (AvgIpc) is 2.62. The number of rotatable bonds is 3. The zero-order chi connectivity index (χ0) is 18.3. The fourth-order valence-corrected chi connectivity index (χ4v) is 3.99. The molecule has 26 heavy (non-hydrogen) atoms. The smallest absolute Gasteiger partial charge is 0.341 e. The van der Waals surface area contributed by atoms with Gasteiger partial charge in [-0.2, -0.15) is 0 Å². The van der Waals surface area contributed by atoms with Gasteiger partial charge in [-0.1, -0.05) is 65.7 Å². The van der Waals surface area contributed by atoms with Crippen LogP contribution in [0.5, 0.6) is 0 Å². The summed E-state index contributed by atoms with van der Waals surface area (Å²) in [4.78, 5) is 26.1. The summed E-state index contributed by atoms with van der Waals surface area (Å²) >= 11 is 0. The number of carbonyl (C=O) groups is 2. The van der Waals surface area contributed by atoms with Crippen molar-refractivity contribution in [3.63, 3.8) is 0 Å². The number of allylic oxidation sites excluding steroid dienone is 2. The first-order valence-electron chi connectivity index (χ1n) is 8.80. The molecule has 0 fully saturated rings. The number of esters is 1. The molecular weight excluding hydrogens is 324 g/mol. The summed E-state index contributed by atoms with van der Waals surface area (Å²) in [6.07, 6.45) is 5.59. The lowest BCUT2D eigenvalue weighted by molar-refractivity contribution is -0.138. The van der Waals surface area contributed by atoms with Crippen molar-refractivity contribution in [1.82, 2.24) is 0 Å². The SMILES string of the molecule is COC(=O)C1=Cc2ccccc2C(C2=CCC2)(c2ccc(C)cc2)C1=O. The van der Waals surface area contributed by atoms with Crippen LogP contribution < -0.4 is 0 Å². The Hall–Kier alpha value is -2.94. The molecule has 0 saturated heterocycles. The number of ether oxygens (including phenoxy) is 1. The standard InChI is InChI=1S/C23H20O3/c1-15-10-12-18(13-11-15)23(17-7-5-8-17)20-9-4-3-6-16(20)14-19(21(23)24)22(25)26-2/h3-4,6-7,9-14H,5,8H2,1-2H3. The van der Waals surface area contributed by atoms with Gasteiger partial charge in [0, 0.05) is 0 Å². The third kappa shape index (κ3) is 2.20. The molecule has 3 nitrogen and oxygen atoms in total. The van der Waals surface area contributed by atoms with Gasteiger partial charge in [0.2, 0.25) is 0 Å². The number of hydrogen-bond acceptors (Lipinski definition) is 3. The fourth-order valence-electron chi connectivity index (χ4n) is 3.99. The molecule has 0 aliphatic heterocycles. The predicted molar refractivity (Wildman–Crippen MR) is 101 cm³/mol. The minimum Gasteiger partial charge on any atom is -0.465 e. The van der Waals surface area contributed by atoms with Crippen molar-refractivity contribution in [1.29, 1.82) is 0 Å². The quantitative estimate of drug-likeness (QED) is 0.477. The van der Waals surface area contributed by atoms with Crippen molar-refractivity contribution in [2.75, 3.05) is 7.11 Å². The third-order valence-electron chi connectivity index (χ3n) is 5.43. The van der Waals surface area contributed by atoms with Crippen LogP contribution in [0.4, 0.5) is 0 Å². The summed E-state index contributed by atoms with van der Waals surface area (Å²) in [6.45, 7) is 2.02. The van der Waals surface area contributed by atoms with E-state index in [4.69, 9.17) is 4.74 Å². The number of hydrogen-bond donors (Lipinski definition) is 0. The first kappa shape index (κ1) is 16.5. The maximum absolute atomic E-state index is 13.7. The van der Waals surface area contributed by atoms with Gasteiger partial charge in [-0.05, 0) is 42.5 Å². The van der Waals surface area contributed by atoms with E-state index in [1.54, 1.807) is 6.08 Å². The molecule has 0 saturated carbocycles. The van der Waals surface area contributed by atoms with E-state index < -0.39 is 11.4 Å². The van der Waals surface area contributed by atoms with Crippen LogP contribution in [0.25, 0.3) is 6.08 Å². The summed E-state index contributed by atoms with van der Waals surface area (Å²) in [5.74, 6) is -0.779. The van der Waals surface area contributed by atoms with Crippen LogP contribution in [0.15, 0.2) is 65.8 Å². The van der Waals surface area contributed by atoms with Gasteiger partial charge in [0.1, 0.15) is 11.0 Å². The summed E-state index contributed by atoms with van der Waals surface area (Å²) in [5.41, 5.74) is 4.09. The molecule has 0 heterocycles. The van der Waals surface area contributed by atoms with E-state index in [0.717, 1.165) is 40.7 Å². The highest BCUT2D eigenvalue weighted by molar-refractivity contribution is 6.28. The van der Waals surface area contributed by atoms with Gasteiger partial charge in [-0.15, -0.1) is 0 Å². The van der Waals surface area contributed by atoms with Gasteiger partial charge >= 0.3 is 5.97 Å². The number of fused-ring (bicyclic) bond motifs is 1. The second-order valence-electron chi connectivity index (χ2n) is 6.85. The molecule has 2 aliphatic carbocycles. The van der Waals surface area contributed by atoms with E-state index >= 15 is 0 Å². The lowest BCUT2D eigenvalue weighted by Crippen LogP contribution is -2.45. The second-order valence-corrected chi connectivity index (χ2v) is 6.85. The van der Waals surface area contributed by atoms with Gasteiger partial charge in [0.05, 0.1) is 7.11 Å². The number of benzene rings is 2. The minimum atomic E-state index is -0.944. The van der Waals surface area contributed by atoms with Crippen LogP contribution >= 0.6 is 0 Å². The zero-order valence-corrected chi connectivity index (χ0v) is 14.9. The maximum Gasteiger partial charge on any atom is 0.341 e. The lowest BCUT2D eigenvalue weighted by Gasteiger charge is -2.42. The normalized spacial score (nSPS) is 21.2. The number of ketones is 1. The molecule has 0 radical (unpaired) electrons. The van der Waals surface area contributed by atoms with E-state index in [1.165, 1.54) is 7.11 Å². The van der Waals surface area contributed by atoms with E-state index in [-0.39, 0.29) is 11.4 Å². The molecule has 130 valence electrons. The monoisotopic (exact) mass is 344 g/mol. The first-order chi connectivity index (χ1) is 12.6. The topological polar surface area (TPSA) is 43.4 Å². The van der Waals surface area contributed by atoms with Gasteiger partial charge in [-0.3, -0.25) is 4.79 Å². The highest BCUT2D eigenvalue weighted by atomic mass is 16.5. The minimum absolute atomic E-state index is 0.111. The van der Waals surface area contributed by atoms with Crippen molar-refractivity contribution in [2.24, 2.45) is 0 Å². The molecular formula is C23H20O3. The van der Waals surface area contributed by atoms with Crippen molar-refractivity contribution in [3.05, 3.63) is 88.0 Å². The zero-order valence-electron chi connectivity index (χ0n) is 14.9. The third-order valence-corrected chi connectivity index (χ3v) is 5.43. The number of methoxy groups -OCH3 is 1. The van der Waals surface area contributed by atoms with Crippen LogP contribution in [0, 0.1) is 6.92 Å². The molecule has 0 spiro atoms. The Labute approximate surface area is 153 Å². The molecule has 0 N–H and O–H groups in total. The predicted octanol–water partition coefficient (Wildman–Crippen LogP) is 4.14. The number of aryl methyl sites for hydroxylation is 1. The molecule has 1 unspecified atom stereocenters. The van der Waals surface area contributed by atoms with E-state index in [1.807, 2.05) is 55.5 Å². The van der Waals surface area contributed by atoms with Crippen LogP contribution in [0.2, 0.25) is 0 Å². The molecule has 1 atom stereocenters. The van der Waals surface area contributed by atoms with Crippen LogP contribution in [0.1, 0.15) is 35.1 Å². The molecule has 2 aromatic carbocycles. The Morgan fingerprint density at radius 1 is 1.08 bits per heavy atom. The van der Waals surface area contributed by atoms with E-state index in [2.05, 4.69) is 6.08 Å². The van der Waals surface area contributed by atoms with Crippen LogP contribution in [0.3, 0.4) is 0 Å². The van der Waals surface area contributed by atoms with Crippen molar-refractivity contribution in [2.45, 2.75) is 25.2 Å². The van der Waals surface area contributed by atoms with Gasteiger partial charge in [0.15, 0.2) is 5.78 Å². The second kappa shape index (κ2) is 6.10. The largest absolute Gasteiger partial charge is 0.465 e. The molecule has 0 amide bonds. The van der Waals surface area contributed by atoms with Crippen molar-refractivity contribution in [3.8, 4) is 0 Å². The fraction of sp³-hybridized carbons (Fsp3) is 0.217. The van der Waals surface area contributed by atoms with Gasteiger partial charge < -0.3 is 4.74 Å². The van der Waals surface area contributed by atoms with Crippen LogP contribution in [-0.2, 0) is 19.7 Å². The molecule has 4 rings (SSSR count). The lowest BCUT2D eigenvalue weighted by atomic mass is 9.58. The van der Waals surface area contributed by atoms with Crippen LogP contribution in [-0.4, -0.2) is 18.9 Å². The average molecular weight is 344 g/mol. The van der Waals surface area contributed by atoms with E-state index in [0.29, 0.717) is 0 Å². The summed E-state index contributed by atoms with van der Waals surface area (Å²) in [7, 11) is 1.31. The Morgan fingerprint density at radius 3 is 2.38 bits per heavy atom. The molecule has 0 bridgehead atoms. The Bertz CT molecular complexity index is 963. The molecule has 2 aromatic rings. The Balaban J connectivity index is 2.07. The molecule has 3 heteroatoms. The van der Waals surface area contributed by atoms with Crippen molar-refractivity contribution < 1.29 is 14.3 Å². The molecule has 0 aromatic heterocycles. The number of Topliss-reactive ketones (excluding diaryl/α,β-unsaturated/α-hetero) is 1. The van der Waals surface area contributed by atoms with E-state index in [9.17, 15) is 9.59 Å². The molecule has 2 aliphatic rings. The highest BCUT2D eigenvalue weighted by Crippen LogP contribution is 2.50.